The second kappa shape index (κ2) is 5.51. The molecule has 1 rings (SSSR count). The number of aliphatic hydroxyl groups excluding tert-OH is 1. The largest absolute Gasteiger partial charge is 0.492 e. The van der Waals surface area contributed by atoms with Crippen LogP contribution in [0.25, 0.3) is 0 Å². The zero-order chi connectivity index (χ0) is 11.3. The number of aliphatic hydroxyl groups is 1. The van der Waals surface area contributed by atoms with Crippen molar-refractivity contribution in [1.82, 2.24) is 0 Å². The molecule has 82 valence electrons. The summed E-state index contributed by atoms with van der Waals surface area (Å²) in [5, 5.41) is 8.83. The SMILES string of the molecule is Cc1ccc(OCC(C)CO)c(C=O)c1. The van der Waals surface area contributed by atoms with Crippen LogP contribution in [-0.4, -0.2) is 24.6 Å². The van der Waals surface area contributed by atoms with Gasteiger partial charge < -0.3 is 9.84 Å². The molecule has 15 heavy (non-hydrogen) atoms. The van der Waals surface area contributed by atoms with Gasteiger partial charge in [-0.1, -0.05) is 18.6 Å². The molecular formula is C12H16O3. The maximum Gasteiger partial charge on any atom is 0.153 e. The number of benzene rings is 1. The Morgan fingerprint density at radius 2 is 2.27 bits per heavy atom. The summed E-state index contributed by atoms with van der Waals surface area (Å²) in [5.74, 6) is 0.654. The summed E-state index contributed by atoms with van der Waals surface area (Å²) in [6.07, 6.45) is 0.784. The Kier molecular flexibility index (Phi) is 4.31. The number of ether oxygens (including phenoxy) is 1. The van der Waals surface area contributed by atoms with E-state index in [0.717, 1.165) is 11.8 Å². The van der Waals surface area contributed by atoms with E-state index in [-0.39, 0.29) is 12.5 Å². The van der Waals surface area contributed by atoms with Gasteiger partial charge in [0, 0.05) is 12.5 Å². The topological polar surface area (TPSA) is 46.5 Å². The molecule has 0 saturated heterocycles. The molecular weight excluding hydrogens is 192 g/mol. The molecule has 0 bridgehead atoms. The number of rotatable bonds is 5. The van der Waals surface area contributed by atoms with Crippen molar-refractivity contribution in [3.8, 4) is 5.75 Å². The standard InChI is InChI=1S/C12H16O3/c1-9-3-4-12(11(5-9)7-14)15-8-10(2)6-13/h3-5,7,10,13H,6,8H2,1-2H3. The maximum atomic E-state index is 10.8. The summed E-state index contributed by atoms with van der Waals surface area (Å²) in [6, 6.07) is 5.46. The van der Waals surface area contributed by atoms with Crippen LogP contribution in [0.1, 0.15) is 22.8 Å². The number of carbonyl (C=O) groups excluding carboxylic acids is 1. The Labute approximate surface area is 89.7 Å². The third-order valence-electron chi connectivity index (χ3n) is 2.13. The summed E-state index contributed by atoms with van der Waals surface area (Å²) < 4.78 is 5.44. The molecule has 0 aromatic heterocycles. The van der Waals surface area contributed by atoms with Crippen LogP contribution in [-0.2, 0) is 0 Å². The minimum atomic E-state index is 0.0748. The fourth-order valence-electron chi connectivity index (χ4n) is 1.18. The van der Waals surface area contributed by atoms with Crippen molar-refractivity contribution in [2.45, 2.75) is 13.8 Å². The van der Waals surface area contributed by atoms with E-state index in [4.69, 9.17) is 9.84 Å². The van der Waals surface area contributed by atoms with Crippen molar-refractivity contribution in [2.24, 2.45) is 5.92 Å². The van der Waals surface area contributed by atoms with Crippen LogP contribution in [0.4, 0.5) is 0 Å². The molecule has 0 aliphatic rings. The van der Waals surface area contributed by atoms with Gasteiger partial charge in [0.1, 0.15) is 5.75 Å². The molecule has 0 saturated carbocycles. The number of hydrogen-bond donors (Lipinski definition) is 1. The van der Waals surface area contributed by atoms with E-state index in [1.54, 1.807) is 12.1 Å². The Morgan fingerprint density at radius 1 is 1.53 bits per heavy atom. The van der Waals surface area contributed by atoms with Crippen LogP contribution in [0.3, 0.4) is 0 Å². The van der Waals surface area contributed by atoms with E-state index >= 15 is 0 Å². The van der Waals surface area contributed by atoms with Gasteiger partial charge in [-0.3, -0.25) is 4.79 Å². The first-order chi connectivity index (χ1) is 7.17. The van der Waals surface area contributed by atoms with Gasteiger partial charge in [-0.2, -0.15) is 0 Å². The molecule has 0 aliphatic heterocycles. The van der Waals surface area contributed by atoms with Crippen LogP contribution in [0.5, 0.6) is 5.75 Å². The molecule has 0 amide bonds. The van der Waals surface area contributed by atoms with Gasteiger partial charge in [0.05, 0.1) is 12.2 Å². The van der Waals surface area contributed by atoms with Gasteiger partial charge in [0.15, 0.2) is 6.29 Å². The number of hydrogen-bond acceptors (Lipinski definition) is 3. The average Bonchev–Trinajstić information content (AvgIpc) is 2.26. The maximum absolute atomic E-state index is 10.8. The van der Waals surface area contributed by atoms with Crippen LogP contribution in [0.15, 0.2) is 18.2 Å². The quantitative estimate of drug-likeness (QED) is 0.751. The van der Waals surface area contributed by atoms with Gasteiger partial charge in [0.2, 0.25) is 0 Å². The van der Waals surface area contributed by atoms with Crippen molar-refractivity contribution in [2.75, 3.05) is 13.2 Å². The lowest BCUT2D eigenvalue weighted by Crippen LogP contribution is -2.12. The fraction of sp³-hybridized carbons (Fsp3) is 0.417. The number of carbonyl (C=O) groups is 1. The molecule has 3 heteroatoms. The highest BCUT2D eigenvalue weighted by Crippen LogP contribution is 2.18. The number of aryl methyl sites for hydroxylation is 1. The van der Waals surface area contributed by atoms with E-state index in [0.29, 0.717) is 17.9 Å². The zero-order valence-electron chi connectivity index (χ0n) is 9.06. The molecule has 1 aromatic rings. The minimum Gasteiger partial charge on any atom is -0.492 e. The van der Waals surface area contributed by atoms with Crippen LogP contribution in [0, 0.1) is 12.8 Å². The van der Waals surface area contributed by atoms with E-state index in [2.05, 4.69) is 0 Å². The molecule has 1 aromatic carbocycles. The molecule has 1 atom stereocenters. The Balaban J connectivity index is 2.72. The highest BCUT2D eigenvalue weighted by atomic mass is 16.5. The van der Waals surface area contributed by atoms with Crippen LogP contribution < -0.4 is 4.74 Å². The smallest absolute Gasteiger partial charge is 0.153 e. The zero-order valence-corrected chi connectivity index (χ0v) is 9.06. The summed E-state index contributed by atoms with van der Waals surface area (Å²) in [6.45, 7) is 4.31. The van der Waals surface area contributed by atoms with Crippen molar-refractivity contribution < 1.29 is 14.6 Å². The van der Waals surface area contributed by atoms with Gasteiger partial charge in [-0.25, -0.2) is 0 Å². The van der Waals surface area contributed by atoms with E-state index < -0.39 is 0 Å². The van der Waals surface area contributed by atoms with Crippen molar-refractivity contribution >= 4 is 6.29 Å². The molecule has 3 nitrogen and oxygen atoms in total. The Bertz CT molecular complexity index is 334. The molecule has 0 heterocycles. The number of aldehydes is 1. The van der Waals surface area contributed by atoms with Crippen molar-refractivity contribution in [3.05, 3.63) is 29.3 Å². The second-order valence-corrected chi connectivity index (χ2v) is 3.76. The van der Waals surface area contributed by atoms with Crippen LogP contribution >= 0.6 is 0 Å². The predicted octanol–water partition coefficient (Wildman–Crippen LogP) is 1.81. The first-order valence-electron chi connectivity index (χ1n) is 4.97. The molecule has 0 radical (unpaired) electrons. The Hall–Kier alpha value is -1.35. The lowest BCUT2D eigenvalue weighted by Gasteiger charge is -2.12. The highest BCUT2D eigenvalue weighted by Gasteiger charge is 2.05. The van der Waals surface area contributed by atoms with Crippen molar-refractivity contribution in [3.63, 3.8) is 0 Å². The van der Waals surface area contributed by atoms with Crippen molar-refractivity contribution in [1.29, 1.82) is 0 Å². The second-order valence-electron chi connectivity index (χ2n) is 3.76. The summed E-state index contributed by atoms with van der Waals surface area (Å²) in [5.41, 5.74) is 1.58. The molecule has 1 unspecified atom stereocenters. The van der Waals surface area contributed by atoms with Gasteiger partial charge in [-0.05, 0) is 19.1 Å². The molecule has 0 spiro atoms. The Morgan fingerprint density at radius 3 is 2.87 bits per heavy atom. The normalized spacial score (nSPS) is 12.2. The highest BCUT2D eigenvalue weighted by molar-refractivity contribution is 5.79. The summed E-state index contributed by atoms with van der Waals surface area (Å²) in [4.78, 5) is 10.8. The molecule has 0 fully saturated rings. The fourth-order valence-corrected chi connectivity index (χ4v) is 1.18. The van der Waals surface area contributed by atoms with Gasteiger partial charge in [0.25, 0.3) is 0 Å². The average molecular weight is 208 g/mol. The lowest BCUT2D eigenvalue weighted by atomic mass is 10.1. The first kappa shape index (κ1) is 11.7. The lowest BCUT2D eigenvalue weighted by molar-refractivity contribution is 0.111. The third-order valence-corrected chi connectivity index (χ3v) is 2.13. The third kappa shape index (κ3) is 3.36. The molecule has 0 aliphatic carbocycles. The van der Waals surface area contributed by atoms with Crippen LogP contribution in [0.2, 0.25) is 0 Å². The van der Waals surface area contributed by atoms with E-state index in [9.17, 15) is 4.79 Å². The van der Waals surface area contributed by atoms with E-state index in [1.807, 2.05) is 19.9 Å². The first-order valence-corrected chi connectivity index (χ1v) is 4.97. The van der Waals surface area contributed by atoms with E-state index in [1.165, 1.54) is 0 Å². The summed E-state index contributed by atoms with van der Waals surface area (Å²) in [7, 11) is 0. The monoisotopic (exact) mass is 208 g/mol. The predicted molar refractivity (Wildman–Crippen MR) is 58.3 cm³/mol. The van der Waals surface area contributed by atoms with Gasteiger partial charge >= 0.3 is 0 Å². The van der Waals surface area contributed by atoms with Gasteiger partial charge in [-0.15, -0.1) is 0 Å². The summed E-state index contributed by atoms with van der Waals surface area (Å²) >= 11 is 0. The molecule has 1 N–H and O–H groups in total. The minimum absolute atomic E-state index is 0.0748.